The normalized spacial score (nSPS) is 23.3. The van der Waals surface area contributed by atoms with Crippen LogP contribution in [0.4, 0.5) is 5.95 Å². The average molecular weight is 267 g/mol. The SMILES string of the molecule is CCCNc1nc(C)cc(SC2CCOC2C)n1. The van der Waals surface area contributed by atoms with E-state index in [1.54, 1.807) is 11.8 Å². The Morgan fingerprint density at radius 1 is 1.50 bits per heavy atom. The molecular formula is C13H21N3OS. The molecule has 100 valence electrons. The highest BCUT2D eigenvalue weighted by Gasteiger charge is 2.25. The van der Waals surface area contributed by atoms with Gasteiger partial charge in [0.05, 0.1) is 6.10 Å². The number of nitrogens with one attached hydrogen (secondary N) is 1. The molecule has 0 aliphatic carbocycles. The van der Waals surface area contributed by atoms with E-state index < -0.39 is 0 Å². The standard InChI is InChI=1S/C13H21N3OS/c1-4-6-14-13-15-9(2)8-12(16-13)18-11-5-7-17-10(11)3/h8,10-11H,4-7H2,1-3H3,(H,14,15,16). The zero-order chi connectivity index (χ0) is 13.0. The van der Waals surface area contributed by atoms with Crippen LogP contribution in [0.2, 0.25) is 0 Å². The summed E-state index contributed by atoms with van der Waals surface area (Å²) in [5, 5.41) is 4.80. The zero-order valence-corrected chi connectivity index (χ0v) is 12.1. The van der Waals surface area contributed by atoms with E-state index in [1.807, 2.05) is 13.0 Å². The van der Waals surface area contributed by atoms with Crippen LogP contribution < -0.4 is 5.32 Å². The van der Waals surface area contributed by atoms with Crippen molar-refractivity contribution in [2.75, 3.05) is 18.5 Å². The van der Waals surface area contributed by atoms with Gasteiger partial charge in [0.25, 0.3) is 0 Å². The minimum Gasteiger partial charge on any atom is -0.377 e. The van der Waals surface area contributed by atoms with Gasteiger partial charge >= 0.3 is 0 Å². The Hall–Kier alpha value is -0.810. The van der Waals surface area contributed by atoms with Gasteiger partial charge in [-0.2, -0.15) is 0 Å². The third-order valence-corrected chi connectivity index (χ3v) is 4.31. The summed E-state index contributed by atoms with van der Waals surface area (Å²) in [4.78, 5) is 8.95. The molecule has 2 heterocycles. The molecule has 1 aromatic heterocycles. The Bertz CT molecular complexity index is 400. The lowest BCUT2D eigenvalue weighted by molar-refractivity contribution is 0.127. The van der Waals surface area contributed by atoms with Gasteiger partial charge in [0.2, 0.25) is 5.95 Å². The van der Waals surface area contributed by atoms with Gasteiger partial charge in [-0.15, -0.1) is 11.8 Å². The predicted molar refractivity (Wildman–Crippen MR) is 75.2 cm³/mol. The van der Waals surface area contributed by atoms with E-state index in [1.165, 1.54) is 0 Å². The fourth-order valence-electron chi connectivity index (χ4n) is 1.94. The fraction of sp³-hybridized carbons (Fsp3) is 0.692. The molecule has 0 saturated carbocycles. The first-order valence-corrected chi connectivity index (χ1v) is 7.45. The first kappa shape index (κ1) is 13.6. The van der Waals surface area contributed by atoms with Crippen molar-refractivity contribution in [1.82, 2.24) is 9.97 Å². The molecule has 1 saturated heterocycles. The Morgan fingerprint density at radius 2 is 2.33 bits per heavy atom. The van der Waals surface area contributed by atoms with Crippen molar-refractivity contribution in [1.29, 1.82) is 0 Å². The summed E-state index contributed by atoms with van der Waals surface area (Å²) < 4.78 is 5.58. The summed E-state index contributed by atoms with van der Waals surface area (Å²) in [6, 6.07) is 2.05. The third kappa shape index (κ3) is 3.59. The quantitative estimate of drug-likeness (QED) is 0.831. The van der Waals surface area contributed by atoms with Crippen LogP contribution in [0.15, 0.2) is 11.1 Å². The van der Waals surface area contributed by atoms with Crippen LogP contribution >= 0.6 is 11.8 Å². The maximum absolute atomic E-state index is 5.58. The highest BCUT2D eigenvalue weighted by Crippen LogP contribution is 2.31. The molecule has 1 N–H and O–H groups in total. The molecule has 2 rings (SSSR count). The number of aromatic nitrogens is 2. The Labute approximate surface area is 113 Å². The van der Waals surface area contributed by atoms with Gasteiger partial charge in [0.15, 0.2) is 0 Å². The van der Waals surface area contributed by atoms with Gasteiger partial charge in [0, 0.05) is 24.1 Å². The molecule has 2 unspecified atom stereocenters. The largest absolute Gasteiger partial charge is 0.377 e. The number of ether oxygens (including phenoxy) is 1. The van der Waals surface area contributed by atoms with Crippen molar-refractivity contribution in [2.24, 2.45) is 0 Å². The number of nitrogens with zero attached hydrogens (tertiary/aromatic N) is 2. The highest BCUT2D eigenvalue weighted by molar-refractivity contribution is 7.99. The van der Waals surface area contributed by atoms with Gasteiger partial charge in [-0.1, -0.05) is 6.92 Å². The summed E-state index contributed by atoms with van der Waals surface area (Å²) in [6.07, 6.45) is 2.50. The summed E-state index contributed by atoms with van der Waals surface area (Å²) in [5.41, 5.74) is 1.01. The Morgan fingerprint density at radius 3 is 3.00 bits per heavy atom. The maximum Gasteiger partial charge on any atom is 0.223 e. The van der Waals surface area contributed by atoms with Crippen molar-refractivity contribution in [3.8, 4) is 0 Å². The zero-order valence-electron chi connectivity index (χ0n) is 11.3. The van der Waals surface area contributed by atoms with Gasteiger partial charge in [0.1, 0.15) is 5.03 Å². The van der Waals surface area contributed by atoms with Crippen molar-refractivity contribution < 1.29 is 4.74 Å². The minimum absolute atomic E-state index is 0.317. The van der Waals surface area contributed by atoms with Gasteiger partial charge < -0.3 is 10.1 Å². The molecule has 1 aromatic rings. The van der Waals surface area contributed by atoms with Crippen LogP contribution in [0.3, 0.4) is 0 Å². The highest BCUT2D eigenvalue weighted by atomic mass is 32.2. The molecule has 0 bridgehead atoms. The third-order valence-electron chi connectivity index (χ3n) is 2.94. The monoisotopic (exact) mass is 267 g/mol. The Balaban J connectivity index is 2.05. The lowest BCUT2D eigenvalue weighted by atomic mass is 10.3. The molecule has 0 spiro atoms. The second kappa shape index (κ2) is 6.38. The number of thioether (sulfide) groups is 1. The number of hydrogen-bond acceptors (Lipinski definition) is 5. The van der Waals surface area contributed by atoms with E-state index in [0.29, 0.717) is 11.4 Å². The van der Waals surface area contributed by atoms with Gasteiger partial charge in [-0.25, -0.2) is 9.97 Å². The van der Waals surface area contributed by atoms with Crippen molar-refractivity contribution >= 4 is 17.7 Å². The van der Waals surface area contributed by atoms with E-state index in [-0.39, 0.29) is 0 Å². The number of anilines is 1. The van der Waals surface area contributed by atoms with Crippen LogP contribution in [-0.4, -0.2) is 34.5 Å². The smallest absolute Gasteiger partial charge is 0.223 e. The second-order valence-corrected chi connectivity index (χ2v) is 5.88. The van der Waals surface area contributed by atoms with Crippen LogP contribution in [0.25, 0.3) is 0 Å². The molecular weight excluding hydrogens is 246 g/mol. The lowest BCUT2D eigenvalue weighted by Crippen LogP contribution is -2.14. The van der Waals surface area contributed by atoms with E-state index in [4.69, 9.17) is 4.74 Å². The molecule has 0 amide bonds. The van der Waals surface area contributed by atoms with Crippen LogP contribution in [0, 0.1) is 6.92 Å². The molecule has 2 atom stereocenters. The second-order valence-electron chi connectivity index (χ2n) is 4.62. The summed E-state index contributed by atoms with van der Waals surface area (Å²) in [5.74, 6) is 0.742. The first-order valence-electron chi connectivity index (χ1n) is 6.57. The number of rotatable bonds is 5. The van der Waals surface area contributed by atoms with Gasteiger partial charge in [-0.3, -0.25) is 0 Å². The molecule has 0 radical (unpaired) electrons. The number of hydrogen-bond donors (Lipinski definition) is 1. The molecule has 0 aromatic carbocycles. The summed E-state index contributed by atoms with van der Waals surface area (Å²) >= 11 is 1.80. The van der Waals surface area contributed by atoms with Crippen LogP contribution in [0.5, 0.6) is 0 Å². The molecule has 1 aliphatic heterocycles. The summed E-state index contributed by atoms with van der Waals surface area (Å²) in [7, 11) is 0. The van der Waals surface area contributed by atoms with E-state index in [2.05, 4.69) is 29.1 Å². The van der Waals surface area contributed by atoms with Crippen LogP contribution in [0.1, 0.15) is 32.4 Å². The van der Waals surface area contributed by atoms with Crippen molar-refractivity contribution in [3.05, 3.63) is 11.8 Å². The van der Waals surface area contributed by atoms with E-state index in [9.17, 15) is 0 Å². The first-order chi connectivity index (χ1) is 8.69. The number of aryl methyl sites for hydroxylation is 1. The fourth-order valence-corrected chi connectivity index (χ4v) is 3.11. The topological polar surface area (TPSA) is 47.0 Å². The molecule has 1 fully saturated rings. The molecule has 5 heteroatoms. The van der Waals surface area contributed by atoms with Gasteiger partial charge in [-0.05, 0) is 32.8 Å². The van der Waals surface area contributed by atoms with Crippen LogP contribution in [-0.2, 0) is 4.74 Å². The molecule has 1 aliphatic rings. The Kier molecular flexibility index (Phi) is 4.83. The van der Waals surface area contributed by atoms with E-state index >= 15 is 0 Å². The summed E-state index contributed by atoms with van der Waals surface area (Å²) in [6.45, 7) is 8.06. The molecule has 18 heavy (non-hydrogen) atoms. The molecule has 4 nitrogen and oxygen atoms in total. The lowest BCUT2D eigenvalue weighted by Gasteiger charge is -2.13. The minimum atomic E-state index is 0.317. The average Bonchev–Trinajstić information content (AvgIpc) is 2.72. The van der Waals surface area contributed by atoms with Crippen molar-refractivity contribution in [2.45, 2.75) is 50.0 Å². The van der Waals surface area contributed by atoms with E-state index in [0.717, 1.165) is 42.7 Å². The maximum atomic E-state index is 5.58. The predicted octanol–water partition coefficient (Wildman–Crippen LogP) is 2.88. The van der Waals surface area contributed by atoms with Crippen molar-refractivity contribution in [3.63, 3.8) is 0 Å².